The molecule has 0 nitrogen and oxygen atoms in total. The summed E-state index contributed by atoms with van der Waals surface area (Å²) in [5.41, 5.74) is 1.67. The Morgan fingerprint density at radius 2 is 0.508 bits per heavy atom. The second-order valence-electron chi connectivity index (χ2n) is 15.9. The molecule has 0 aliphatic carbocycles. The van der Waals surface area contributed by atoms with E-state index in [4.69, 9.17) is 12.8 Å². The van der Waals surface area contributed by atoms with Crippen molar-refractivity contribution in [1.82, 2.24) is 0 Å². The summed E-state index contributed by atoms with van der Waals surface area (Å²) in [6.07, 6.45) is 14.6. The van der Waals surface area contributed by atoms with Gasteiger partial charge in [0, 0.05) is 0 Å². The van der Waals surface area contributed by atoms with Crippen LogP contribution in [0.2, 0.25) is 0 Å². The van der Waals surface area contributed by atoms with Crippen molar-refractivity contribution in [3.05, 3.63) is 254 Å². The van der Waals surface area contributed by atoms with Gasteiger partial charge in [0.15, 0.2) is 5.90 Å². The third-order valence-corrected chi connectivity index (χ3v) is 19.0. The molecule has 0 bridgehead atoms. The van der Waals surface area contributed by atoms with Gasteiger partial charge in [-0.1, -0.05) is 158 Å². The van der Waals surface area contributed by atoms with E-state index in [0.29, 0.717) is 0 Å². The van der Waals surface area contributed by atoms with Gasteiger partial charge in [0.2, 0.25) is 0 Å². The Morgan fingerprint density at radius 3 is 0.754 bits per heavy atom. The van der Waals surface area contributed by atoms with Crippen molar-refractivity contribution >= 4 is 102 Å². The number of rotatable bonds is 6. The van der Waals surface area contributed by atoms with Gasteiger partial charge in [0.25, 0.3) is 0 Å². The first-order valence-corrected chi connectivity index (χ1v) is 24.7. The first-order chi connectivity index (χ1) is 31.1. The molecule has 0 saturated carbocycles. The third kappa shape index (κ3) is 9.62. The van der Waals surface area contributed by atoms with Crippen LogP contribution >= 0.6 is 15.8 Å². The molecule has 65 heavy (non-hydrogen) atoms. The molecular weight excluding hydrogens is 1010 g/mol. The molecular formula is C61H42Ag2P2+2. The van der Waals surface area contributed by atoms with Gasteiger partial charge < -0.3 is 12.8 Å². The van der Waals surface area contributed by atoms with Gasteiger partial charge >= 0.3 is 44.8 Å². The average Bonchev–Trinajstić information content (AvgIpc) is 3.36. The van der Waals surface area contributed by atoms with Crippen LogP contribution in [0.4, 0.5) is 0 Å². The van der Waals surface area contributed by atoms with Crippen LogP contribution in [0.15, 0.2) is 231 Å². The van der Waals surface area contributed by atoms with Gasteiger partial charge in [-0.3, -0.25) is 11.8 Å². The molecule has 12 aromatic carbocycles. The molecule has 0 aliphatic rings. The van der Waals surface area contributed by atoms with Crippen molar-refractivity contribution < 1.29 is 44.8 Å². The molecule has 0 N–H and O–H groups in total. The topological polar surface area (TPSA) is 0 Å². The molecule has 0 amide bonds. The van der Waals surface area contributed by atoms with Crippen molar-refractivity contribution in [3.8, 4) is 11.8 Å². The van der Waals surface area contributed by atoms with Crippen LogP contribution in [0.5, 0.6) is 0 Å². The minimum absolute atomic E-state index is 0. The van der Waals surface area contributed by atoms with Crippen molar-refractivity contribution in [2.24, 2.45) is 0 Å². The van der Waals surface area contributed by atoms with E-state index in [1.807, 2.05) is 24.3 Å². The van der Waals surface area contributed by atoms with E-state index in [-0.39, 0.29) is 44.8 Å². The van der Waals surface area contributed by atoms with E-state index in [9.17, 15) is 0 Å². The smallest absolute Gasteiger partial charge is 0.366 e. The predicted molar refractivity (Wildman–Crippen MR) is 279 cm³/mol. The molecule has 0 fully saturated rings. The number of hydrogen-bond acceptors (Lipinski definition) is 0. The third-order valence-electron chi connectivity index (χ3n) is 12.1. The van der Waals surface area contributed by atoms with Crippen molar-refractivity contribution in [2.45, 2.75) is 0 Å². The SMILES string of the molecule is [Ag+].[Ag+].[C-]#Cc1cc2ccc3cccc4ccc(c1)c2c34.[C-]#Cc1cc2ccc3cccc4ccc(c1)c2c34.c1ccc([PH+](C[PH+](c2ccccc2)c2ccccc2)c2ccccc2)cc1. The summed E-state index contributed by atoms with van der Waals surface area (Å²) in [4.78, 5) is 0. The summed E-state index contributed by atoms with van der Waals surface area (Å²) in [7, 11) is -1.69. The van der Waals surface area contributed by atoms with Crippen LogP contribution in [-0.2, 0) is 44.8 Å². The van der Waals surface area contributed by atoms with Crippen molar-refractivity contribution in [2.75, 3.05) is 5.90 Å². The Labute approximate surface area is 415 Å². The van der Waals surface area contributed by atoms with Gasteiger partial charge in [-0.2, -0.15) is 0 Å². The molecule has 316 valence electrons. The van der Waals surface area contributed by atoms with Crippen LogP contribution in [0.25, 0.3) is 64.6 Å². The Balaban J connectivity index is 0.000000135. The van der Waals surface area contributed by atoms with E-state index in [2.05, 4.69) is 218 Å². The van der Waals surface area contributed by atoms with E-state index in [0.717, 1.165) is 11.1 Å². The van der Waals surface area contributed by atoms with Gasteiger partial charge in [0.1, 0.15) is 37.1 Å². The quantitative estimate of drug-likeness (QED) is 0.0512. The van der Waals surface area contributed by atoms with E-state index in [1.54, 1.807) is 0 Å². The maximum atomic E-state index is 7.30. The van der Waals surface area contributed by atoms with Crippen LogP contribution in [0.3, 0.4) is 0 Å². The molecule has 0 unspecified atom stereocenters. The first kappa shape index (κ1) is 45.7. The van der Waals surface area contributed by atoms with Crippen molar-refractivity contribution in [3.63, 3.8) is 0 Å². The maximum Gasteiger partial charge on any atom is 1.00 e. The summed E-state index contributed by atoms with van der Waals surface area (Å²) in [6.45, 7) is 0. The zero-order chi connectivity index (χ0) is 42.5. The summed E-state index contributed by atoms with van der Waals surface area (Å²) < 4.78 is 0. The molecule has 0 radical (unpaired) electrons. The van der Waals surface area contributed by atoms with Crippen molar-refractivity contribution in [1.29, 1.82) is 0 Å². The Hall–Kier alpha value is -5.82. The molecule has 0 spiro atoms. The van der Waals surface area contributed by atoms with Crippen LogP contribution in [0, 0.1) is 24.7 Å². The molecule has 0 saturated heterocycles. The Kier molecular flexibility index (Phi) is 14.8. The largest absolute Gasteiger partial charge is 1.00 e. The molecule has 0 atom stereocenters. The van der Waals surface area contributed by atoms with Gasteiger partial charge in [-0.15, -0.1) is 35.4 Å². The second-order valence-corrected chi connectivity index (χ2v) is 21.5. The van der Waals surface area contributed by atoms with Gasteiger partial charge in [0.05, 0.1) is 0 Å². The first-order valence-electron chi connectivity index (χ1n) is 21.3. The molecule has 4 heteroatoms. The van der Waals surface area contributed by atoms with Crippen LogP contribution < -0.4 is 21.2 Å². The average molecular weight is 1050 g/mol. The predicted octanol–water partition coefficient (Wildman–Crippen LogP) is 13.7. The Bertz CT molecular complexity index is 3120. The zero-order valence-corrected chi connectivity index (χ0v) is 40.2. The van der Waals surface area contributed by atoms with Gasteiger partial charge in [-0.25, -0.2) is 0 Å². The van der Waals surface area contributed by atoms with E-state index in [1.165, 1.54) is 91.8 Å². The van der Waals surface area contributed by atoms with Gasteiger partial charge in [-0.05, 0) is 113 Å². The standard InChI is InChI=1S/C25H22P2.2C18H9.2Ag/c1-5-13-22(14-6-1)26(23-15-7-2-8-16-23)21-27(24-17-9-3-10-18-24)25-19-11-4-12-20-25;2*1-2-12-10-15-8-6-13-4-3-5-14-7-9-16(11-12)18(15)17(13)14;;/h1-20H,21H2;2*3-11H;;/q;2*-1;2*+1/p+2. The van der Waals surface area contributed by atoms with Crippen LogP contribution in [0.1, 0.15) is 11.1 Å². The molecule has 0 heterocycles. The fourth-order valence-electron chi connectivity index (χ4n) is 9.13. The number of hydrogen-bond donors (Lipinski definition) is 0. The summed E-state index contributed by atoms with van der Waals surface area (Å²) >= 11 is 0. The minimum Gasteiger partial charge on any atom is -0.366 e. The second kappa shape index (κ2) is 21.0. The molecule has 0 aromatic heterocycles. The fraction of sp³-hybridized carbons (Fsp3) is 0.0164. The molecule has 0 aliphatic heterocycles. The molecule has 12 aromatic rings. The van der Waals surface area contributed by atoms with Crippen LogP contribution in [-0.4, -0.2) is 5.90 Å². The van der Waals surface area contributed by atoms with E-state index >= 15 is 0 Å². The van der Waals surface area contributed by atoms with E-state index < -0.39 is 15.8 Å². The normalized spacial score (nSPS) is 10.8. The summed E-state index contributed by atoms with van der Waals surface area (Å²) in [6, 6.07) is 82.5. The molecule has 12 rings (SSSR count). The zero-order valence-electron chi connectivity index (χ0n) is 35.2. The summed E-state index contributed by atoms with van der Waals surface area (Å²) in [5.74, 6) is 6.20. The number of benzene rings is 12. The minimum atomic E-state index is -0.847. The monoisotopic (exact) mass is 1050 g/mol. The Morgan fingerprint density at radius 1 is 0.277 bits per heavy atom. The maximum absolute atomic E-state index is 7.30. The summed E-state index contributed by atoms with van der Waals surface area (Å²) in [5, 5.41) is 21.1. The fourth-order valence-corrected chi connectivity index (χ4v) is 16.9.